The molecule has 0 spiro atoms. The number of hydrogen-bond donors (Lipinski definition) is 2. The summed E-state index contributed by atoms with van der Waals surface area (Å²) in [7, 11) is 0. The van der Waals surface area contributed by atoms with Crippen LogP contribution >= 0.6 is 23.2 Å². The van der Waals surface area contributed by atoms with Gasteiger partial charge in [0.15, 0.2) is 12.4 Å². The average molecular weight is 359 g/mol. The van der Waals surface area contributed by atoms with Crippen molar-refractivity contribution < 1.29 is 14.3 Å². The molecule has 1 fully saturated rings. The van der Waals surface area contributed by atoms with Crippen LogP contribution in [0.15, 0.2) is 18.2 Å². The zero-order chi connectivity index (χ0) is 16.8. The molecule has 2 rings (SSSR count). The number of rotatable bonds is 4. The lowest BCUT2D eigenvalue weighted by Crippen LogP contribution is -2.48. The zero-order valence-corrected chi connectivity index (χ0v) is 14.4. The number of carbonyl (C=O) groups excluding carboxylic acids is 2. The minimum Gasteiger partial charge on any atom is -0.481 e. The van der Waals surface area contributed by atoms with Gasteiger partial charge in [-0.2, -0.15) is 0 Å². The topological polar surface area (TPSA) is 67.4 Å². The second-order valence-electron chi connectivity index (χ2n) is 5.73. The van der Waals surface area contributed by atoms with Crippen molar-refractivity contribution in [3.05, 3.63) is 28.2 Å². The molecule has 2 N–H and O–H groups in total. The molecule has 0 saturated heterocycles. The van der Waals surface area contributed by atoms with Crippen LogP contribution in [0.25, 0.3) is 0 Å². The Morgan fingerprint density at radius 3 is 2.52 bits per heavy atom. The highest BCUT2D eigenvalue weighted by molar-refractivity contribution is 6.37. The number of nitrogens with one attached hydrogen (secondary N) is 2. The number of benzene rings is 1. The summed E-state index contributed by atoms with van der Waals surface area (Å²) in [6, 6.07) is 4.50. The lowest BCUT2D eigenvalue weighted by molar-refractivity contribution is -0.122. The van der Waals surface area contributed by atoms with Crippen molar-refractivity contribution in [2.45, 2.75) is 38.6 Å². The Labute approximate surface area is 145 Å². The smallest absolute Gasteiger partial charge is 0.321 e. The van der Waals surface area contributed by atoms with Crippen LogP contribution in [0.4, 0.5) is 4.79 Å². The van der Waals surface area contributed by atoms with Crippen LogP contribution in [0, 0.1) is 5.92 Å². The minimum absolute atomic E-state index is 0.107. The molecular weight excluding hydrogens is 339 g/mol. The lowest BCUT2D eigenvalue weighted by atomic mass is 9.86. The third kappa shape index (κ3) is 5.29. The van der Waals surface area contributed by atoms with Crippen molar-refractivity contribution >= 4 is 35.1 Å². The molecule has 126 valence electrons. The first-order valence-electron chi connectivity index (χ1n) is 7.64. The Kier molecular flexibility index (Phi) is 6.54. The number of carbonyl (C=O) groups is 2. The molecule has 0 bridgehead atoms. The fraction of sp³-hybridized carbons (Fsp3) is 0.500. The molecule has 0 aromatic heterocycles. The SMILES string of the molecule is C[C@H]1CCCC[C@H]1NC(=O)NC(=O)COc1c(Cl)cccc1Cl. The van der Waals surface area contributed by atoms with Gasteiger partial charge in [-0.05, 0) is 30.9 Å². The zero-order valence-electron chi connectivity index (χ0n) is 12.9. The number of hydrogen-bond acceptors (Lipinski definition) is 3. The fourth-order valence-electron chi connectivity index (χ4n) is 2.66. The molecule has 7 heteroatoms. The van der Waals surface area contributed by atoms with Gasteiger partial charge in [0.1, 0.15) is 0 Å². The van der Waals surface area contributed by atoms with Crippen LogP contribution in [0.5, 0.6) is 5.75 Å². The standard InChI is InChI=1S/C16H20Cl2N2O3/c1-10-5-2-3-8-13(10)19-16(22)20-14(21)9-23-15-11(17)6-4-7-12(15)18/h4,6-7,10,13H,2-3,5,8-9H2,1H3,(H2,19,20,21,22)/t10-,13+/m0/s1. The van der Waals surface area contributed by atoms with Gasteiger partial charge in [0.05, 0.1) is 10.0 Å². The molecule has 0 unspecified atom stereocenters. The summed E-state index contributed by atoms with van der Waals surface area (Å²) in [6.45, 7) is 1.77. The van der Waals surface area contributed by atoms with E-state index in [0.29, 0.717) is 16.0 Å². The van der Waals surface area contributed by atoms with E-state index >= 15 is 0 Å². The maximum atomic E-state index is 11.9. The summed E-state index contributed by atoms with van der Waals surface area (Å²) in [5, 5.41) is 5.72. The highest BCUT2D eigenvalue weighted by atomic mass is 35.5. The number of halogens is 2. The van der Waals surface area contributed by atoms with Crippen LogP contribution in [-0.4, -0.2) is 24.6 Å². The molecule has 23 heavy (non-hydrogen) atoms. The van der Waals surface area contributed by atoms with Crippen molar-refractivity contribution in [3.8, 4) is 5.75 Å². The Morgan fingerprint density at radius 2 is 1.87 bits per heavy atom. The molecule has 1 saturated carbocycles. The number of ether oxygens (including phenoxy) is 1. The molecule has 5 nitrogen and oxygen atoms in total. The molecule has 0 aliphatic heterocycles. The van der Waals surface area contributed by atoms with E-state index in [1.54, 1.807) is 18.2 Å². The van der Waals surface area contributed by atoms with Gasteiger partial charge in [-0.1, -0.05) is 49.0 Å². The van der Waals surface area contributed by atoms with Crippen molar-refractivity contribution in [1.82, 2.24) is 10.6 Å². The number of amides is 3. The maximum Gasteiger partial charge on any atom is 0.321 e. The van der Waals surface area contributed by atoms with Gasteiger partial charge in [-0.15, -0.1) is 0 Å². The van der Waals surface area contributed by atoms with Crippen LogP contribution in [0.1, 0.15) is 32.6 Å². The largest absolute Gasteiger partial charge is 0.481 e. The molecular formula is C16H20Cl2N2O3. The van der Waals surface area contributed by atoms with E-state index in [0.717, 1.165) is 19.3 Å². The van der Waals surface area contributed by atoms with E-state index in [2.05, 4.69) is 17.6 Å². The Morgan fingerprint density at radius 1 is 1.22 bits per heavy atom. The first-order chi connectivity index (χ1) is 11.0. The number of para-hydroxylation sites is 1. The summed E-state index contributed by atoms with van der Waals surface area (Å²) in [5.74, 6) is 0.0945. The van der Waals surface area contributed by atoms with Crippen LogP contribution in [0.3, 0.4) is 0 Å². The van der Waals surface area contributed by atoms with E-state index in [-0.39, 0.29) is 18.4 Å². The van der Waals surface area contributed by atoms with Crippen molar-refractivity contribution in [2.75, 3.05) is 6.61 Å². The van der Waals surface area contributed by atoms with Crippen molar-refractivity contribution in [1.29, 1.82) is 0 Å². The Hall–Kier alpha value is -1.46. The minimum atomic E-state index is -0.554. The van der Waals surface area contributed by atoms with Crippen LogP contribution in [0.2, 0.25) is 10.0 Å². The van der Waals surface area contributed by atoms with E-state index in [4.69, 9.17) is 27.9 Å². The maximum absolute atomic E-state index is 11.9. The van der Waals surface area contributed by atoms with Gasteiger partial charge in [-0.3, -0.25) is 10.1 Å². The predicted molar refractivity (Wildman–Crippen MR) is 90.1 cm³/mol. The molecule has 3 amide bonds. The van der Waals surface area contributed by atoms with Gasteiger partial charge < -0.3 is 10.1 Å². The fourth-order valence-corrected chi connectivity index (χ4v) is 3.16. The van der Waals surface area contributed by atoms with Gasteiger partial charge in [0.25, 0.3) is 5.91 Å². The van der Waals surface area contributed by atoms with E-state index in [9.17, 15) is 9.59 Å². The van der Waals surface area contributed by atoms with E-state index in [1.165, 1.54) is 6.42 Å². The van der Waals surface area contributed by atoms with Crippen LogP contribution in [-0.2, 0) is 4.79 Å². The predicted octanol–water partition coefficient (Wildman–Crippen LogP) is 3.78. The summed E-state index contributed by atoms with van der Waals surface area (Å²) >= 11 is 11.9. The first kappa shape index (κ1) is 17.9. The van der Waals surface area contributed by atoms with Gasteiger partial charge in [0, 0.05) is 6.04 Å². The molecule has 1 aromatic rings. The highest BCUT2D eigenvalue weighted by Gasteiger charge is 2.23. The average Bonchev–Trinajstić information content (AvgIpc) is 2.49. The lowest BCUT2D eigenvalue weighted by Gasteiger charge is -2.29. The Balaban J connectivity index is 1.79. The molecule has 0 heterocycles. The van der Waals surface area contributed by atoms with Gasteiger partial charge in [0.2, 0.25) is 0 Å². The number of imide groups is 1. The molecule has 2 atom stereocenters. The normalized spacial score (nSPS) is 20.7. The molecule has 1 aromatic carbocycles. The van der Waals surface area contributed by atoms with Gasteiger partial charge in [-0.25, -0.2) is 4.79 Å². The second kappa shape index (κ2) is 8.41. The van der Waals surface area contributed by atoms with E-state index in [1.807, 2.05) is 0 Å². The van der Waals surface area contributed by atoms with Crippen molar-refractivity contribution in [3.63, 3.8) is 0 Å². The second-order valence-corrected chi connectivity index (χ2v) is 6.54. The quantitative estimate of drug-likeness (QED) is 0.860. The molecule has 1 aliphatic carbocycles. The Bertz CT molecular complexity index is 560. The summed E-state index contributed by atoms with van der Waals surface area (Å²) in [4.78, 5) is 23.7. The molecule has 1 aliphatic rings. The monoisotopic (exact) mass is 358 g/mol. The van der Waals surface area contributed by atoms with Crippen LogP contribution < -0.4 is 15.4 Å². The summed E-state index contributed by atoms with van der Waals surface area (Å²) in [6.07, 6.45) is 4.31. The highest BCUT2D eigenvalue weighted by Crippen LogP contribution is 2.32. The number of urea groups is 1. The molecule has 0 radical (unpaired) electrons. The van der Waals surface area contributed by atoms with Crippen molar-refractivity contribution in [2.24, 2.45) is 5.92 Å². The summed E-state index contributed by atoms with van der Waals surface area (Å²) < 4.78 is 5.29. The van der Waals surface area contributed by atoms with Gasteiger partial charge >= 0.3 is 6.03 Å². The first-order valence-corrected chi connectivity index (χ1v) is 8.40. The van der Waals surface area contributed by atoms with E-state index < -0.39 is 11.9 Å². The third-order valence-electron chi connectivity index (χ3n) is 3.95. The third-order valence-corrected chi connectivity index (χ3v) is 4.54. The summed E-state index contributed by atoms with van der Waals surface area (Å²) in [5.41, 5.74) is 0.